The molecule has 3 aromatic rings. The highest BCUT2D eigenvalue weighted by Gasteiger charge is 2.26. The molecule has 0 aliphatic carbocycles. The minimum atomic E-state index is -0.450. The summed E-state index contributed by atoms with van der Waals surface area (Å²) in [6, 6.07) is 12.6. The van der Waals surface area contributed by atoms with Crippen LogP contribution in [0.5, 0.6) is 0 Å². The summed E-state index contributed by atoms with van der Waals surface area (Å²) in [6.45, 7) is 0.966. The lowest BCUT2D eigenvalue weighted by Gasteiger charge is -2.31. The summed E-state index contributed by atoms with van der Waals surface area (Å²) in [5, 5.41) is 11.5. The van der Waals surface area contributed by atoms with Crippen molar-refractivity contribution in [3.05, 3.63) is 76.8 Å². The zero-order valence-corrected chi connectivity index (χ0v) is 16.7. The van der Waals surface area contributed by atoms with E-state index in [-0.39, 0.29) is 29.1 Å². The van der Waals surface area contributed by atoms with E-state index < -0.39 is 5.82 Å². The van der Waals surface area contributed by atoms with Gasteiger partial charge in [-0.05, 0) is 49.2 Å². The first kappa shape index (κ1) is 20.0. The van der Waals surface area contributed by atoms with E-state index in [0.717, 1.165) is 0 Å². The van der Waals surface area contributed by atoms with Gasteiger partial charge in [-0.15, -0.1) is 5.10 Å². The summed E-state index contributed by atoms with van der Waals surface area (Å²) in [7, 11) is 0. The van der Waals surface area contributed by atoms with Crippen LogP contribution < -0.4 is 5.32 Å². The Hall–Kier alpha value is -3.26. The molecule has 9 heteroatoms. The molecule has 1 N–H and O–H groups in total. The Kier molecular flexibility index (Phi) is 5.76. The molecule has 1 saturated heterocycles. The minimum Gasteiger partial charge on any atom is -0.349 e. The van der Waals surface area contributed by atoms with E-state index >= 15 is 0 Å². The number of hydrogen-bond donors (Lipinski definition) is 1. The number of hydrogen-bond acceptors (Lipinski definition) is 4. The van der Waals surface area contributed by atoms with Crippen LogP contribution in [0.15, 0.2) is 54.7 Å². The summed E-state index contributed by atoms with van der Waals surface area (Å²) < 4.78 is 14.8. The Balaban J connectivity index is 1.34. The van der Waals surface area contributed by atoms with E-state index in [1.54, 1.807) is 35.4 Å². The van der Waals surface area contributed by atoms with Crippen LogP contribution in [0.2, 0.25) is 5.02 Å². The van der Waals surface area contributed by atoms with E-state index in [1.807, 2.05) is 6.07 Å². The second-order valence-corrected chi connectivity index (χ2v) is 7.51. The molecule has 0 bridgehead atoms. The SMILES string of the molecule is O=C(NC1CCN(C(=O)c2cn(-c3cccc(Cl)c3)nn2)CC1)c1cccc(F)c1. The number of nitrogens with zero attached hydrogens (tertiary/aromatic N) is 4. The smallest absolute Gasteiger partial charge is 0.276 e. The summed E-state index contributed by atoms with van der Waals surface area (Å²) >= 11 is 6.00. The van der Waals surface area contributed by atoms with Crippen LogP contribution in [0.3, 0.4) is 0 Å². The number of halogens is 2. The Morgan fingerprint density at radius 1 is 1.10 bits per heavy atom. The van der Waals surface area contributed by atoms with Crippen molar-refractivity contribution in [2.45, 2.75) is 18.9 Å². The van der Waals surface area contributed by atoms with Gasteiger partial charge in [0.1, 0.15) is 5.82 Å². The van der Waals surface area contributed by atoms with Crippen LogP contribution in [-0.4, -0.2) is 50.8 Å². The minimum absolute atomic E-state index is 0.0769. The highest BCUT2D eigenvalue weighted by atomic mass is 35.5. The molecule has 1 aliphatic heterocycles. The van der Waals surface area contributed by atoms with E-state index in [9.17, 15) is 14.0 Å². The molecule has 0 radical (unpaired) electrons. The summed E-state index contributed by atoms with van der Waals surface area (Å²) in [5.74, 6) is -0.976. The van der Waals surface area contributed by atoms with E-state index in [0.29, 0.717) is 36.6 Å². The number of aromatic nitrogens is 3. The highest BCUT2D eigenvalue weighted by molar-refractivity contribution is 6.30. The number of likely N-dealkylation sites (tertiary alicyclic amines) is 1. The fourth-order valence-electron chi connectivity index (χ4n) is 3.39. The first-order valence-electron chi connectivity index (χ1n) is 9.53. The van der Waals surface area contributed by atoms with Gasteiger partial charge in [0.05, 0.1) is 11.9 Å². The van der Waals surface area contributed by atoms with Gasteiger partial charge < -0.3 is 10.2 Å². The number of rotatable bonds is 4. The molecule has 0 unspecified atom stereocenters. The Morgan fingerprint density at radius 3 is 2.60 bits per heavy atom. The number of nitrogens with one attached hydrogen (secondary N) is 1. The normalized spacial score (nSPS) is 14.5. The maximum Gasteiger partial charge on any atom is 0.276 e. The fourth-order valence-corrected chi connectivity index (χ4v) is 3.58. The zero-order valence-electron chi connectivity index (χ0n) is 16.0. The van der Waals surface area contributed by atoms with Gasteiger partial charge in [-0.3, -0.25) is 9.59 Å². The fraction of sp³-hybridized carbons (Fsp3) is 0.238. The van der Waals surface area contributed by atoms with Crippen LogP contribution in [0, 0.1) is 5.82 Å². The quantitative estimate of drug-likeness (QED) is 0.693. The second kappa shape index (κ2) is 8.62. The lowest BCUT2D eigenvalue weighted by Crippen LogP contribution is -2.46. The van der Waals surface area contributed by atoms with Crippen molar-refractivity contribution in [3.63, 3.8) is 0 Å². The summed E-state index contributed by atoms with van der Waals surface area (Å²) in [4.78, 5) is 26.7. The number of carbonyl (C=O) groups is 2. The van der Waals surface area contributed by atoms with Gasteiger partial charge in [0, 0.05) is 29.7 Å². The summed E-state index contributed by atoms with van der Waals surface area (Å²) in [6.07, 6.45) is 2.79. The molecule has 2 heterocycles. The van der Waals surface area contributed by atoms with Gasteiger partial charge in [0.2, 0.25) is 0 Å². The maximum atomic E-state index is 13.3. The van der Waals surface area contributed by atoms with E-state index in [1.165, 1.54) is 22.9 Å². The lowest BCUT2D eigenvalue weighted by atomic mass is 10.0. The third kappa shape index (κ3) is 4.49. The molecule has 0 atom stereocenters. The molecule has 7 nitrogen and oxygen atoms in total. The average Bonchev–Trinajstić information content (AvgIpc) is 3.24. The monoisotopic (exact) mass is 427 g/mol. The van der Waals surface area contributed by atoms with Crippen LogP contribution in [-0.2, 0) is 0 Å². The Morgan fingerprint density at radius 2 is 1.87 bits per heavy atom. The first-order valence-corrected chi connectivity index (χ1v) is 9.91. The van der Waals surface area contributed by atoms with Gasteiger partial charge in [-0.1, -0.05) is 28.9 Å². The molecular formula is C21H19ClFN5O2. The topological polar surface area (TPSA) is 80.1 Å². The van der Waals surface area contributed by atoms with Gasteiger partial charge in [-0.2, -0.15) is 0 Å². The molecule has 2 amide bonds. The molecule has 1 aliphatic rings. The molecule has 0 saturated carbocycles. The Labute approximate surface area is 177 Å². The third-order valence-corrected chi connectivity index (χ3v) is 5.22. The molecule has 1 aromatic heterocycles. The standard InChI is InChI=1S/C21H19ClFN5O2/c22-15-4-2-6-18(12-15)28-13-19(25-26-28)21(30)27-9-7-17(8-10-27)24-20(29)14-3-1-5-16(23)11-14/h1-6,11-13,17H,7-10H2,(H,24,29). The molecule has 154 valence electrons. The molecule has 2 aromatic carbocycles. The first-order chi connectivity index (χ1) is 14.5. The van der Waals surface area contributed by atoms with Gasteiger partial charge in [0.15, 0.2) is 5.69 Å². The predicted octanol–water partition coefficient (Wildman–Crippen LogP) is 3.09. The van der Waals surface area contributed by atoms with Crippen molar-refractivity contribution in [1.82, 2.24) is 25.2 Å². The van der Waals surface area contributed by atoms with Crippen molar-refractivity contribution in [2.75, 3.05) is 13.1 Å². The Bertz CT molecular complexity index is 1080. The van der Waals surface area contributed by atoms with Gasteiger partial charge >= 0.3 is 0 Å². The van der Waals surface area contributed by atoms with Crippen molar-refractivity contribution < 1.29 is 14.0 Å². The maximum absolute atomic E-state index is 13.3. The lowest BCUT2D eigenvalue weighted by molar-refractivity contribution is 0.0692. The van der Waals surface area contributed by atoms with Crippen LogP contribution >= 0.6 is 11.6 Å². The average molecular weight is 428 g/mol. The second-order valence-electron chi connectivity index (χ2n) is 7.08. The third-order valence-electron chi connectivity index (χ3n) is 4.99. The van der Waals surface area contributed by atoms with Crippen molar-refractivity contribution in [3.8, 4) is 5.69 Å². The zero-order chi connectivity index (χ0) is 21.1. The number of benzene rings is 2. The molecule has 1 fully saturated rings. The molecule has 30 heavy (non-hydrogen) atoms. The predicted molar refractivity (Wildman–Crippen MR) is 109 cm³/mol. The van der Waals surface area contributed by atoms with Crippen molar-refractivity contribution in [1.29, 1.82) is 0 Å². The van der Waals surface area contributed by atoms with E-state index in [4.69, 9.17) is 11.6 Å². The number of piperidine rings is 1. The molecule has 4 rings (SSSR count). The van der Waals surface area contributed by atoms with Crippen LogP contribution in [0.25, 0.3) is 5.69 Å². The van der Waals surface area contributed by atoms with Gasteiger partial charge in [0.25, 0.3) is 11.8 Å². The van der Waals surface area contributed by atoms with Gasteiger partial charge in [-0.25, -0.2) is 9.07 Å². The van der Waals surface area contributed by atoms with E-state index in [2.05, 4.69) is 15.6 Å². The molecule has 0 spiro atoms. The molecular weight excluding hydrogens is 409 g/mol. The highest BCUT2D eigenvalue weighted by Crippen LogP contribution is 2.17. The van der Waals surface area contributed by atoms with Crippen molar-refractivity contribution >= 4 is 23.4 Å². The van der Waals surface area contributed by atoms with Crippen LogP contribution in [0.1, 0.15) is 33.7 Å². The largest absolute Gasteiger partial charge is 0.349 e. The summed E-state index contributed by atoms with van der Waals surface area (Å²) in [5.41, 5.74) is 1.25. The number of carbonyl (C=O) groups excluding carboxylic acids is 2. The van der Waals surface area contributed by atoms with Crippen LogP contribution in [0.4, 0.5) is 4.39 Å². The van der Waals surface area contributed by atoms with Crippen molar-refractivity contribution in [2.24, 2.45) is 0 Å². The number of amides is 2.